The molecule has 4 nitrogen and oxygen atoms in total. The van der Waals surface area contributed by atoms with E-state index in [0.29, 0.717) is 5.92 Å². The van der Waals surface area contributed by atoms with Gasteiger partial charge in [0.15, 0.2) is 0 Å². The third kappa shape index (κ3) is 5.70. The first-order valence-electron chi connectivity index (χ1n) is 7.92. The van der Waals surface area contributed by atoms with Gasteiger partial charge in [-0.05, 0) is 29.7 Å². The Balaban J connectivity index is 1.91. The number of sulfonamides is 1. The van der Waals surface area contributed by atoms with E-state index in [-0.39, 0.29) is 23.7 Å². The molecule has 1 N–H and O–H groups in total. The number of halogens is 2. The van der Waals surface area contributed by atoms with Gasteiger partial charge in [-0.15, -0.1) is 0 Å². The molecule has 0 aliphatic carbocycles. The van der Waals surface area contributed by atoms with Crippen LogP contribution in [-0.4, -0.2) is 21.6 Å². The van der Waals surface area contributed by atoms with Crippen LogP contribution in [0.15, 0.2) is 42.5 Å². The molecule has 0 radical (unpaired) electrons. The lowest BCUT2D eigenvalue weighted by atomic mass is 10.0. The summed E-state index contributed by atoms with van der Waals surface area (Å²) in [5, 5.41) is 0.0903. The van der Waals surface area contributed by atoms with Gasteiger partial charge in [0.05, 0.1) is 5.75 Å². The lowest BCUT2D eigenvalue weighted by Gasteiger charge is -2.14. The predicted molar refractivity (Wildman–Crippen MR) is 98.1 cm³/mol. The van der Waals surface area contributed by atoms with Gasteiger partial charge >= 0.3 is 0 Å². The van der Waals surface area contributed by atoms with Crippen LogP contribution in [0.3, 0.4) is 0 Å². The minimum Gasteiger partial charge on any atom is -0.492 e. The summed E-state index contributed by atoms with van der Waals surface area (Å²) in [5.74, 6) is -0.119. The number of rotatable bonds is 8. The molecule has 0 aromatic heterocycles. The third-order valence-corrected chi connectivity index (χ3v) is 5.29. The van der Waals surface area contributed by atoms with Crippen molar-refractivity contribution >= 4 is 21.6 Å². The van der Waals surface area contributed by atoms with Crippen LogP contribution in [0, 0.1) is 5.82 Å². The van der Waals surface area contributed by atoms with E-state index in [9.17, 15) is 12.8 Å². The molecule has 0 unspecified atom stereocenters. The Hall–Kier alpha value is -1.63. The van der Waals surface area contributed by atoms with E-state index in [4.69, 9.17) is 16.3 Å². The Bertz CT molecular complexity index is 805. The largest absolute Gasteiger partial charge is 0.492 e. The van der Waals surface area contributed by atoms with Gasteiger partial charge in [0.25, 0.3) is 0 Å². The first kappa shape index (κ1) is 19.7. The maximum absolute atomic E-state index is 13.7. The first-order chi connectivity index (χ1) is 11.8. The lowest BCUT2D eigenvalue weighted by Crippen LogP contribution is -2.29. The molecule has 0 amide bonds. The topological polar surface area (TPSA) is 55.4 Å². The van der Waals surface area contributed by atoms with Gasteiger partial charge < -0.3 is 4.74 Å². The number of ether oxygens (including phenoxy) is 1. The average Bonchev–Trinajstić information content (AvgIpc) is 2.55. The molecule has 0 aliphatic rings. The second kappa shape index (κ2) is 8.65. The summed E-state index contributed by atoms with van der Waals surface area (Å²) < 4.78 is 46.0. The number of nitrogens with one attached hydrogen (secondary N) is 1. The van der Waals surface area contributed by atoms with E-state index in [1.54, 1.807) is 0 Å². The van der Waals surface area contributed by atoms with Gasteiger partial charge in [0, 0.05) is 17.1 Å². The minimum atomic E-state index is -3.71. The van der Waals surface area contributed by atoms with Gasteiger partial charge in [-0.3, -0.25) is 0 Å². The Morgan fingerprint density at radius 1 is 1.16 bits per heavy atom. The molecule has 0 spiro atoms. The van der Waals surface area contributed by atoms with Crippen molar-refractivity contribution in [2.75, 3.05) is 13.2 Å². The van der Waals surface area contributed by atoms with E-state index in [0.717, 1.165) is 11.3 Å². The summed E-state index contributed by atoms with van der Waals surface area (Å²) in [5.41, 5.74) is 1.02. The maximum atomic E-state index is 13.7. The smallest absolute Gasteiger partial charge is 0.216 e. The Morgan fingerprint density at radius 2 is 1.88 bits per heavy atom. The van der Waals surface area contributed by atoms with Gasteiger partial charge in [-0.1, -0.05) is 49.7 Å². The van der Waals surface area contributed by atoms with E-state index < -0.39 is 21.6 Å². The van der Waals surface area contributed by atoms with Gasteiger partial charge in [-0.25, -0.2) is 17.5 Å². The van der Waals surface area contributed by atoms with Crippen LogP contribution >= 0.6 is 11.6 Å². The molecule has 0 fully saturated rings. The summed E-state index contributed by atoms with van der Waals surface area (Å²) in [7, 11) is -3.71. The van der Waals surface area contributed by atoms with Crippen LogP contribution in [-0.2, 0) is 15.8 Å². The standard InChI is InChI=1S/C18H21ClFNO3S/c1-13(2)14-6-3-4-9-18(14)24-11-10-21-25(22,23)12-15-16(19)7-5-8-17(15)20/h3-9,13,21H,10-12H2,1-2H3. The zero-order valence-corrected chi connectivity index (χ0v) is 15.7. The van der Waals surface area contributed by atoms with Crippen molar-refractivity contribution in [2.45, 2.75) is 25.5 Å². The van der Waals surface area contributed by atoms with Crippen LogP contribution in [0.4, 0.5) is 4.39 Å². The Labute approximate surface area is 153 Å². The molecule has 7 heteroatoms. The summed E-state index contributed by atoms with van der Waals surface area (Å²) in [4.78, 5) is 0. The molecule has 25 heavy (non-hydrogen) atoms. The fourth-order valence-corrected chi connectivity index (χ4v) is 3.84. The highest BCUT2D eigenvalue weighted by Gasteiger charge is 2.17. The highest BCUT2D eigenvalue weighted by molar-refractivity contribution is 7.88. The summed E-state index contributed by atoms with van der Waals surface area (Å²) in [6, 6.07) is 11.7. The monoisotopic (exact) mass is 385 g/mol. The quantitative estimate of drug-likeness (QED) is 0.696. The molecule has 2 rings (SSSR count). The van der Waals surface area contributed by atoms with Crippen LogP contribution < -0.4 is 9.46 Å². The van der Waals surface area contributed by atoms with Crippen molar-refractivity contribution in [3.8, 4) is 5.75 Å². The van der Waals surface area contributed by atoms with Crippen LogP contribution in [0.5, 0.6) is 5.75 Å². The predicted octanol–water partition coefficient (Wildman–Crippen LogP) is 4.10. The normalized spacial score (nSPS) is 11.7. The van der Waals surface area contributed by atoms with Crippen molar-refractivity contribution in [1.82, 2.24) is 4.72 Å². The number of para-hydroxylation sites is 1. The SMILES string of the molecule is CC(C)c1ccccc1OCCNS(=O)(=O)Cc1c(F)cccc1Cl. The van der Waals surface area contributed by atoms with Crippen molar-refractivity contribution in [1.29, 1.82) is 0 Å². The van der Waals surface area contributed by atoms with E-state index >= 15 is 0 Å². The summed E-state index contributed by atoms with van der Waals surface area (Å²) in [6.45, 7) is 4.38. The maximum Gasteiger partial charge on any atom is 0.216 e. The third-order valence-electron chi connectivity index (χ3n) is 3.62. The molecular weight excluding hydrogens is 365 g/mol. The second-order valence-corrected chi connectivity index (χ2v) is 8.11. The molecule has 0 heterocycles. The van der Waals surface area contributed by atoms with Crippen molar-refractivity contribution in [3.63, 3.8) is 0 Å². The van der Waals surface area contributed by atoms with Crippen molar-refractivity contribution < 1.29 is 17.5 Å². The summed E-state index contributed by atoms with van der Waals surface area (Å²) in [6.07, 6.45) is 0. The second-order valence-electron chi connectivity index (χ2n) is 5.89. The molecule has 136 valence electrons. The first-order valence-corrected chi connectivity index (χ1v) is 9.95. The highest BCUT2D eigenvalue weighted by Crippen LogP contribution is 2.25. The Kier molecular flexibility index (Phi) is 6.81. The fourth-order valence-electron chi connectivity index (χ4n) is 2.36. The molecule has 2 aromatic rings. The minimum absolute atomic E-state index is 0.0391. The van der Waals surface area contributed by atoms with Crippen molar-refractivity contribution in [2.24, 2.45) is 0 Å². The van der Waals surface area contributed by atoms with E-state index in [2.05, 4.69) is 18.6 Å². The molecule has 0 aliphatic heterocycles. The fraction of sp³-hybridized carbons (Fsp3) is 0.333. The molecule has 0 atom stereocenters. The van der Waals surface area contributed by atoms with Crippen LogP contribution in [0.1, 0.15) is 30.9 Å². The lowest BCUT2D eigenvalue weighted by molar-refractivity contribution is 0.318. The number of hydrogen-bond acceptors (Lipinski definition) is 3. The molecule has 0 saturated carbocycles. The van der Waals surface area contributed by atoms with E-state index in [1.807, 2.05) is 24.3 Å². The molecular formula is C18H21ClFNO3S. The zero-order valence-electron chi connectivity index (χ0n) is 14.1. The summed E-state index contributed by atoms with van der Waals surface area (Å²) >= 11 is 5.87. The Morgan fingerprint density at radius 3 is 2.56 bits per heavy atom. The molecule has 2 aromatic carbocycles. The van der Waals surface area contributed by atoms with Crippen molar-refractivity contribution in [3.05, 3.63) is 64.4 Å². The van der Waals surface area contributed by atoms with E-state index in [1.165, 1.54) is 18.2 Å². The molecule has 0 bridgehead atoms. The van der Waals surface area contributed by atoms with Crippen LogP contribution in [0.25, 0.3) is 0 Å². The number of benzene rings is 2. The molecule has 0 saturated heterocycles. The van der Waals surface area contributed by atoms with Gasteiger partial charge in [-0.2, -0.15) is 0 Å². The van der Waals surface area contributed by atoms with Gasteiger partial charge in [0.2, 0.25) is 10.0 Å². The van der Waals surface area contributed by atoms with Gasteiger partial charge in [0.1, 0.15) is 18.2 Å². The average molecular weight is 386 g/mol. The zero-order chi connectivity index (χ0) is 18.4. The highest BCUT2D eigenvalue weighted by atomic mass is 35.5. The van der Waals surface area contributed by atoms with Crippen LogP contribution in [0.2, 0.25) is 5.02 Å². The number of hydrogen-bond donors (Lipinski definition) is 1.